The molecule has 21 heavy (non-hydrogen) atoms. The first-order chi connectivity index (χ1) is 9.63. The lowest BCUT2D eigenvalue weighted by molar-refractivity contribution is -0.120. The zero-order valence-corrected chi connectivity index (χ0v) is 12.4. The molecule has 0 atom stereocenters. The second-order valence-electron chi connectivity index (χ2n) is 4.91. The average molecular weight is 314 g/mol. The van der Waals surface area contributed by atoms with Gasteiger partial charge in [-0.2, -0.15) is 0 Å². The molecule has 7 heteroatoms. The Morgan fingerprint density at radius 2 is 2.10 bits per heavy atom. The summed E-state index contributed by atoms with van der Waals surface area (Å²) in [5, 5.41) is 5.88. The number of nitrogens with two attached hydrogens (primary N) is 1. The number of halogens is 1. The van der Waals surface area contributed by atoms with E-state index in [0.29, 0.717) is 18.0 Å². The molecule has 0 spiro atoms. The van der Waals surface area contributed by atoms with Crippen LogP contribution in [0.2, 0.25) is 0 Å². The topological polar surface area (TPSA) is 93.5 Å². The first-order valence-electron chi connectivity index (χ1n) is 6.65. The molecule has 1 aliphatic rings. The molecule has 1 aromatic carbocycles. The maximum absolute atomic E-state index is 11.7. The Kier molecular flexibility index (Phi) is 6.98. The molecule has 0 saturated heterocycles. The van der Waals surface area contributed by atoms with Gasteiger partial charge in [0.2, 0.25) is 5.91 Å². The summed E-state index contributed by atoms with van der Waals surface area (Å²) in [6.07, 6.45) is 2.52. The van der Waals surface area contributed by atoms with Crippen LogP contribution in [0.25, 0.3) is 0 Å². The largest absolute Gasteiger partial charge is 0.484 e. The summed E-state index contributed by atoms with van der Waals surface area (Å²) < 4.78 is 5.17. The Labute approximate surface area is 129 Å². The molecule has 4 N–H and O–H groups in total. The standard InChI is InChI=1S/C14H19N3O3.ClH/c15-13(18)9-20-12-3-1-2-11(6-12)17-14(19)8-16-7-10-4-5-10;/h1-3,6,10,16H,4-5,7-9H2,(H2,15,18)(H,17,19);1H. The Bertz CT molecular complexity index is 492. The first kappa shape index (κ1) is 17.3. The second-order valence-corrected chi connectivity index (χ2v) is 4.91. The van der Waals surface area contributed by atoms with Crippen LogP contribution in [0.15, 0.2) is 24.3 Å². The third-order valence-electron chi connectivity index (χ3n) is 2.91. The van der Waals surface area contributed by atoms with Crippen molar-refractivity contribution >= 4 is 29.9 Å². The van der Waals surface area contributed by atoms with E-state index in [4.69, 9.17) is 10.5 Å². The molecule has 0 unspecified atom stereocenters. The van der Waals surface area contributed by atoms with Crippen LogP contribution in [0.3, 0.4) is 0 Å². The predicted molar refractivity (Wildman–Crippen MR) is 82.6 cm³/mol. The van der Waals surface area contributed by atoms with Crippen molar-refractivity contribution in [1.29, 1.82) is 0 Å². The molecule has 0 radical (unpaired) electrons. The number of amides is 2. The van der Waals surface area contributed by atoms with Crippen molar-refractivity contribution in [2.75, 3.05) is 25.0 Å². The Morgan fingerprint density at radius 3 is 2.76 bits per heavy atom. The average Bonchev–Trinajstić information content (AvgIpc) is 3.21. The van der Waals surface area contributed by atoms with E-state index in [9.17, 15) is 9.59 Å². The van der Waals surface area contributed by atoms with Crippen LogP contribution in [0, 0.1) is 5.92 Å². The van der Waals surface area contributed by atoms with E-state index < -0.39 is 5.91 Å². The zero-order valence-electron chi connectivity index (χ0n) is 11.6. The molecule has 0 aromatic heterocycles. The number of rotatable bonds is 8. The normalized spacial score (nSPS) is 13.1. The van der Waals surface area contributed by atoms with E-state index in [1.165, 1.54) is 12.8 Å². The predicted octanol–water partition coefficient (Wildman–Crippen LogP) is 0.911. The lowest BCUT2D eigenvalue weighted by Crippen LogP contribution is -2.29. The maximum Gasteiger partial charge on any atom is 0.255 e. The molecular formula is C14H20ClN3O3. The molecule has 1 aliphatic carbocycles. The number of anilines is 1. The number of benzene rings is 1. The minimum Gasteiger partial charge on any atom is -0.484 e. The van der Waals surface area contributed by atoms with Gasteiger partial charge in [-0.25, -0.2) is 0 Å². The van der Waals surface area contributed by atoms with E-state index in [2.05, 4.69) is 10.6 Å². The third kappa shape index (κ3) is 6.97. The van der Waals surface area contributed by atoms with Crippen molar-refractivity contribution in [2.24, 2.45) is 11.7 Å². The van der Waals surface area contributed by atoms with Gasteiger partial charge in [0.1, 0.15) is 5.75 Å². The number of hydrogen-bond donors (Lipinski definition) is 3. The van der Waals surface area contributed by atoms with E-state index in [-0.39, 0.29) is 24.9 Å². The Balaban J connectivity index is 0.00000220. The van der Waals surface area contributed by atoms with E-state index >= 15 is 0 Å². The summed E-state index contributed by atoms with van der Waals surface area (Å²) in [5.74, 6) is 0.599. The number of hydrogen-bond acceptors (Lipinski definition) is 4. The third-order valence-corrected chi connectivity index (χ3v) is 2.91. The van der Waals surface area contributed by atoms with Gasteiger partial charge in [-0.1, -0.05) is 6.07 Å². The highest BCUT2D eigenvalue weighted by molar-refractivity contribution is 5.92. The number of nitrogens with one attached hydrogen (secondary N) is 2. The monoisotopic (exact) mass is 313 g/mol. The van der Waals surface area contributed by atoms with Gasteiger partial charge in [0.15, 0.2) is 6.61 Å². The summed E-state index contributed by atoms with van der Waals surface area (Å²) in [4.78, 5) is 22.3. The molecule has 116 valence electrons. The highest BCUT2D eigenvalue weighted by atomic mass is 35.5. The van der Waals surface area contributed by atoms with Crippen molar-refractivity contribution in [3.05, 3.63) is 24.3 Å². The van der Waals surface area contributed by atoms with Gasteiger partial charge in [0, 0.05) is 11.8 Å². The fourth-order valence-electron chi connectivity index (χ4n) is 1.74. The van der Waals surface area contributed by atoms with Crippen LogP contribution < -0.4 is 21.1 Å². The Hall–Kier alpha value is -1.79. The zero-order chi connectivity index (χ0) is 14.4. The van der Waals surface area contributed by atoms with Gasteiger partial charge in [-0.3, -0.25) is 9.59 Å². The van der Waals surface area contributed by atoms with E-state index in [0.717, 1.165) is 12.5 Å². The van der Waals surface area contributed by atoms with Crippen LogP contribution in [-0.2, 0) is 9.59 Å². The van der Waals surface area contributed by atoms with Crippen LogP contribution >= 0.6 is 12.4 Å². The molecule has 2 rings (SSSR count). The molecule has 0 aliphatic heterocycles. The highest BCUT2D eigenvalue weighted by Gasteiger charge is 2.20. The minimum absolute atomic E-state index is 0. The van der Waals surface area contributed by atoms with Gasteiger partial charge in [0.05, 0.1) is 6.54 Å². The molecule has 1 saturated carbocycles. The molecule has 1 fully saturated rings. The summed E-state index contributed by atoms with van der Waals surface area (Å²) in [6, 6.07) is 6.85. The fraction of sp³-hybridized carbons (Fsp3) is 0.429. The number of carbonyl (C=O) groups is 2. The lowest BCUT2D eigenvalue weighted by Gasteiger charge is -2.08. The van der Waals surface area contributed by atoms with Crippen molar-refractivity contribution in [1.82, 2.24) is 5.32 Å². The minimum atomic E-state index is -0.538. The summed E-state index contributed by atoms with van der Waals surface area (Å²) in [5.41, 5.74) is 5.63. The highest BCUT2D eigenvalue weighted by Crippen LogP contribution is 2.27. The van der Waals surface area contributed by atoms with Gasteiger partial charge in [-0.05, 0) is 37.4 Å². The van der Waals surface area contributed by atoms with Gasteiger partial charge in [-0.15, -0.1) is 12.4 Å². The van der Waals surface area contributed by atoms with Crippen LogP contribution in [0.5, 0.6) is 5.75 Å². The molecule has 0 heterocycles. The molecule has 6 nitrogen and oxygen atoms in total. The van der Waals surface area contributed by atoms with Crippen LogP contribution in [0.1, 0.15) is 12.8 Å². The second kappa shape index (κ2) is 8.49. The Morgan fingerprint density at radius 1 is 1.33 bits per heavy atom. The summed E-state index contributed by atoms with van der Waals surface area (Å²) >= 11 is 0. The molecular weight excluding hydrogens is 294 g/mol. The summed E-state index contributed by atoms with van der Waals surface area (Å²) in [6.45, 7) is 1.01. The maximum atomic E-state index is 11.7. The number of ether oxygens (including phenoxy) is 1. The van der Waals surface area contributed by atoms with Crippen molar-refractivity contribution < 1.29 is 14.3 Å². The van der Waals surface area contributed by atoms with Crippen molar-refractivity contribution in [3.8, 4) is 5.75 Å². The number of carbonyl (C=O) groups excluding carboxylic acids is 2. The van der Waals surface area contributed by atoms with Gasteiger partial charge < -0.3 is 21.1 Å². The van der Waals surface area contributed by atoms with Crippen molar-refractivity contribution in [3.63, 3.8) is 0 Å². The fourth-order valence-corrected chi connectivity index (χ4v) is 1.74. The van der Waals surface area contributed by atoms with Crippen molar-refractivity contribution in [2.45, 2.75) is 12.8 Å². The van der Waals surface area contributed by atoms with Gasteiger partial charge >= 0.3 is 0 Å². The SMILES string of the molecule is Cl.NC(=O)COc1cccc(NC(=O)CNCC2CC2)c1. The van der Waals surface area contributed by atoms with E-state index in [1.807, 2.05) is 0 Å². The smallest absolute Gasteiger partial charge is 0.255 e. The van der Waals surface area contributed by atoms with Crippen LogP contribution in [0.4, 0.5) is 5.69 Å². The van der Waals surface area contributed by atoms with Crippen LogP contribution in [-0.4, -0.2) is 31.5 Å². The number of primary amides is 1. The molecule has 1 aromatic rings. The molecule has 2 amide bonds. The summed E-state index contributed by atoms with van der Waals surface area (Å²) in [7, 11) is 0. The molecule has 0 bridgehead atoms. The van der Waals surface area contributed by atoms with E-state index in [1.54, 1.807) is 24.3 Å². The lowest BCUT2D eigenvalue weighted by atomic mass is 10.3. The first-order valence-corrected chi connectivity index (χ1v) is 6.65. The van der Waals surface area contributed by atoms with Gasteiger partial charge in [0.25, 0.3) is 5.91 Å². The quantitative estimate of drug-likeness (QED) is 0.665.